The van der Waals surface area contributed by atoms with Gasteiger partial charge in [-0.25, -0.2) is 9.97 Å². The molecule has 2 atom stereocenters. The molecule has 1 amide bonds. The van der Waals surface area contributed by atoms with E-state index in [9.17, 15) is 4.79 Å². The van der Waals surface area contributed by atoms with Crippen LogP contribution in [-0.4, -0.2) is 28.5 Å². The Kier molecular flexibility index (Phi) is 5.65. The summed E-state index contributed by atoms with van der Waals surface area (Å²) in [6.07, 6.45) is 8.85. The van der Waals surface area contributed by atoms with Crippen molar-refractivity contribution < 1.29 is 9.53 Å². The van der Waals surface area contributed by atoms with E-state index in [-0.39, 0.29) is 17.9 Å². The fourth-order valence-electron chi connectivity index (χ4n) is 4.98. The van der Waals surface area contributed by atoms with Crippen LogP contribution in [0.2, 0.25) is 0 Å². The second kappa shape index (κ2) is 8.88. The van der Waals surface area contributed by atoms with E-state index in [4.69, 9.17) is 4.74 Å². The van der Waals surface area contributed by atoms with Crippen molar-refractivity contribution in [2.75, 3.05) is 6.54 Å². The number of aromatic nitrogens is 2. The fourth-order valence-corrected chi connectivity index (χ4v) is 4.98. The average molecular weight is 414 g/mol. The smallest absolute Gasteiger partial charge is 0.227 e. The summed E-state index contributed by atoms with van der Waals surface area (Å²) in [5, 5.41) is 3.20. The first-order valence-corrected chi connectivity index (χ1v) is 11.2. The van der Waals surface area contributed by atoms with Crippen LogP contribution in [0.15, 0.2) is 67.0 Å². The summed E-state index contributed by atoms with van der Waals surface area (Å²) in [4.78, 5) is 22.0. The minimum absolute atomic E-state index is 0.0798. The number of hydrogen-bond donors (Lipinski definition) is 1. The maximum atomic E-state index is 13.3. The number of carbonyl (C=O) groups excluding carboxylic acids is 1. The molecule has 1 aliphatic carbocycles. The zero-order valence-corrected chi connectivity index (χ0v) is 17.5. The Morgan fingerprint density at radius 3 is 2.55 bits per heavy atom. The van der Waals surface area contributed by atoms with Crippen molar-refractivity contribution in [1.29, 1.82) is 0 Å². The van der Waals surface area contributed by atoms with E-state index in [1.54, 1.807) is 18.5 Å². The zero-order valence-electron chi connectivity index (χ0n) is 17.5. The van der Waals surface area contributed by atoms with Crippen LogP contribution in [0.1, 0.15) is 42.7 Å². The highest BCUT2D eigenvalue weighted by molar-refractivity contribution is 5.84. The Morgan fingerprint density at radius 1 is 1.00 bits per heavy atom. The standard InChI is InChI=1S/C26H27N3O2/c30-26(23(19-10-4-5-11-19)18-8-2-1-3-9-18)29-17-21-16-20-12-6-13-22(24(20)31-21)25-27-14-7-15-28-25/h1-3,6-9,12-15,19,21,23H,4-5,10-11,16-17H2,(H,29,30)/t21-,23+/m0/s1. The van der Waals surface area contributed by atoms with Crippen molar-refractivity contribution in [1.82, 2.24) is 15.3 Å². The molecule has 0 saturated heterocycles. The lowest BCUT2D eigenvalue weighted by Crippen LogP contribution is -2.39. The van der Waals surface area contributed by atoms with Gasteiger partial charge in [0.25, 0.3) is 0 Å². The molecule has 2 aliphatic rings. The highest BCUT2D eigenvalue weighted by atomic mass is 16.5. The van der Waals surface area contributed by atoms with Crippen LogP contribution < -0.4 is 10.1 Å². The first-order chi connectivity index (χ1) is 15.3. The molecule has 0 unspecified atom stereocenters. The summed E-state index contributed by atoms with van der Waals surface area (Å²) in [5.74, 6) is 1.95. The van der Waals surface area contributed by atoms with E-state index in [2.05, 4.69) is 33.5 Å². The summed E-state index contributed by atoms with van der Waals surface area (Å²) in [6.45, 7) is 0.499. The first kappa shape index (κ1) is 19.7. The number of para-hydroxylation sites is 1. The van der Waals surface area contributed by atoms with Crippen LogP contribution in [0.5, 0.6) is 5.75 Å². The number of nitrogens with one attached hydrogen (secondary N) is 1. The number of benzene rings is 2. The van der Waals surface area contributed by atoms with Gasteiger partial charge in [0.05, 0.1) is 18.0 Å². The molecule has 1 N–H and O–H groups in total. The van der Waals surface area contributed by atoms with Gasteiger partial charge in [0.15, 0.2) is 5.82 Å². The Bertz CT molecular complexity index is 1030. The normalized spacial score (nSPS) is 18.9. The van der Waals surface area contributed by atoms with Gasteiger partial charge in [0.2, 0.25) is 5.91 Å². The lowest BCUT2D eigenvalue weighted by atomic mass is 9.84. The van der Waals surface area contributed by atoms with E-state index < -0.39 is 0 Å². The largest absolute Gasteiger partial charge is 0.487 e. The second-order valence-corrected chi connectivity index (χ2v) is 8.49. The minimum Gasteiger partial charge on any atom is -0.487 e. The molecular formula is C26H27N3O2. The molecule has 158 valence electrons. The topological polar surface area (TPSA) is 64.1 Å². The van der Waals surface area contributed by atoms with Crippen LogP contribution in [0.25, 0.3) is 11.4 Å². The van der Waals surface area contributed by atoms with Gasteiger partial charge >= 0.3 is 0 Å². The lowest BCUT2D eigenvalue weighted by molar-refractivity contribution is -0.124. The highest BCUT2D eigenvalue weighted by Crippen LogP contribution is 2.39. The SMILES string of the molecule is O=C(NC[C@@H]1Cc2cccc(-c3ncccn3)c2O1)[C@H](c1ccccc1)C1CCCC1. The average Bonchev–Trinajstić information content (AvgIpc) is 3.49. The third kappa shape index (κ3) is 4.18. The van der Waals surface area contributed by atoms with Crippen LogP contribution in [0, 0.1) is 5.92 Å². The summed E-state index contributed by atoms with van der Waals surface area (Å²) in [5.41, 5.74) is 3.16. The van der Waals surface area contributed by atoms with Gasteiger partial charge in [0, 0.05) is 18.8 Å². The number of amides is 1. The molecule has 0 spiro atoms. The predicted molar refractivity (Wildman–Crippen MR) is 120 cm³/mol. The van der Waals surface area contributed by atoms with Crippen molar-refractivity contribution in [3.63, 3.8) is 0 Å². The number of hydrogen-bond acceptors (Lipinski definition) is 4. The first-order valence-electron chi connectivity index (χ1n) is 11.2. The van der Waals surface area contributed by atoms with E-state index in [1.807, 2.05) is 30.3 Å². The van der Waals surface area contributed by atoms with Crippen molar-refractivity contribution in [3.05, 3.63) is 78.1 Å². The third-order valence-corrected chi connectivity index (χ3v) is 6.45. The molecule has 5 heteroatoms. The molecule has 31 heavy (non-hydrogen) atoms. The summed E-state index contributed by atoms with van der Waals surface area (Å²) in [6, 6.07) is 18.1. The number of nitrogens with zero attached hydrogens (tertiary/aromatic N) is 2. The van der Waals surface area contributed by atoms with Gasteiger partial charge in [0.1, 0.15) is 11.9 Å². The van der Waals surface area contributed by atoms with Crippen LogP contribution in [-0.2, 0) is 11.2 Å². The number of fused-ring (bicyclic) bond motifs is 1. The molecule has 1 aromatic heterocycles. The molecule has 0 bridgehead atoms. The molecule has 5 rings (SSSR count). The maximum Gasteiger partial charge on any atom is 0.227 e. The molecule has 2 heterocycles. The molecule has 1 aliphatic heterocycles. The van der Waals surface area contributed by atoms with Crippen molar-refractivity contribution in [3.8, 4) is 17.1 Å². The minimum atomic E-state index is -0.0826. The van der Waals surface area contributed by atoms with Crippen molar-refractivity contribution in [2.24, 2.45) is 5.92 Å². The van der Waals surface area contributed by atoms with Crippen molar-refractivity contribution in [2.45, 2.75) is 44.1 Å². The number of carbonyl (C=O) groups is 1. The maximum absolute atomic E-state index is 13.3. The monoisotopic (exact) mass is 413 g/mol. The molecule has 2 aromatic carbocycles. The summed E-state index contributed by atoms with van der Waals surface area (Å²) >= 11 is 0. The molecule has 1 fully saturated rings. The van der Waals surface area contributed by atoms with Crippen molar-refractivity contribution >= 4 is 5.91 Å². The van der Waals surface area contributed by atoms with Crippen LogP contribution >= 0.6 is 0 Å². The fraction of sp³-hybridized carbons (Fsp3) is 0.346. The second-order valence-electron chi connectivity index (χ2n) is 8.49. The summed E-state index contributed by atoms with van der Waals surface area (Å²) < 4.78 is 6.26. The van der Waals surface area contributed by atoms with E-state index in [0.29, 0.717) is 18.3 Å². The number of rotatable bonds is 6. The zero-order chi connectivity index (χ0) is 21.0. The van der Waals surface area contributed by atoms with E-state index in [0.717, 1.165) is 41.7 Å². The van der Waals surface area contributed by atoms with E-state index >= 15 is 0 Å². The van der Waals surface area contributed by atoms with Crippen LogP contribution in [0.4, 0.5) is 0 Å². The predicted octanol–water partition coefficient (Wildman–Crippen LogP) is 4.54. The van der Waals surface area contributed by atoms with Gasteiger partial charge in [-0.15, -0.1) is 0 Å². The molecule has 0 radical (unpaired) electrons. The number of ether oxygens (including phenoxy) is 1. The van der Waals surface area contributed by atoms with Gasteiger partial charge in [-0.3, -0.25) is 4.79 Å². The van der Waals surface area contributed by atoms with Crippen LogP contribution in [0.3, 0.4) is 0 Å². The van der Waals surface area contributed by atoms with Gasteiger partial charge < -0.3 is 10.1 Å². The summed E-state index contributed by atoms with van der Waals surface area (Å²) in [7, 11) is 0. The van der Waals surface area contributed by atoms with Gasteiger partial charge in [-0.2, -0.15) is 0 Å². The van der Waals surface area contributed by atoms with Gasteiger partial charge in [-0.05, 0) is 42.0 Å². The molecule has 3 aromatic rings. The Labute approximate surface area is 182 Å². The van der Waals surface area contributed by atoms with Gasteiger partial charge in [-0.1, -0.05) is 55.3 Å². The molecular weight excluding hydrogens is 386 g/mol. The Morgan fingerprint density at radius 2 is 1.77 bits per heavy atom. The third-order valence-electron chi connectivity index (χ3n) is 6.45. The lowest BCUT2D eigenvalue weighted by Gasteiger charge is -2.24. The molecule has 5 nitrogen and oxygen atoms in total. The Hall–Kier alpha value is -3.21. The quantitative estimate of drug-likeness (QED) is 0.645. The van der Waals surface area contributed by atoms with E-state index in [1.165, 1.54) is 12.8 Å². The Balaban J connectivity index is 1.28. The molecule has 1 saturated carbocycles. The highest BCUT2D eigenvalue weighted by Gasteiger charge is 2.33.